The van der Waals surface area contributed by atoms with Crippen LogP contribution in [-0.4, -0.2) is 37.1 Å². The third-order valence-electron chi connectivity index (χ3n) is 5.34. The van der Waals surface area contributed by atoms with Crippen molar-refractivity contribution in [3.8, 4) is 0 Å². The molecule has 0 spiro atoms. The lowest BCUT2D eigenvalue weighted by Crippen LogP contribution is -2.43. The van der Waals surface area contributed by atoms with E-state index in [1.54, 1.807) is 0 Å². The van der Waals surface area contributed by atoms with Crippen molar-refractivity contribution >= 4 is 0 Å². The summed E-state index contributed by atoms with van der Waals surface area (Å²) in [7, 11) is 2.35. The predicted molar refractivity (Wildman–Crippen MR) is 83.5 cm³/mol. The van der Waals surface area contributed by atoms with Crippen LogP contribution in [0.25, 0.3) is 0 Å². The van der Waals surface area contributed by atoms with E-state index in [1.165, 1.54) is 64.5 Å². The highest BCUT2D eigenvalue weighted by molar-refractivity contribution is 4.87. The minimum absolute atomic E-state index is 0.774. The van der Waals surface area contributed by atoms with Crippen molar-refractivity contribution in [2.75, 3.05) is 20.1 Å². The van der Waals surface area contributed by atoms with E-state index < -0.39 is 0 Å². The van der Waals surface area contributed by atoms with Crippen LogP contribution in [0.4, 0.5) is 0 Å². The highest BCUT2D eigenvalue weighted by Crippen LogP contribution is 2.35. The largest absolute Gasteiger partial charge is 0.314 e. The maximum absolute atomic E-state index is 3.82. The van der Waals surface area contributed by atoms with E-state index in [0.29, 0.717) is 0 Å². The van der Waals surface area contributed by atoms with Crippen molar-refractivity contribution in [3.05, 3.63) is 0 Å². The fourth-order valence-corrected chi connectivity index (χ4v) is 3.68. The molecule has 0 aromatic heterocycles. The zero-order chi connectivity index (χ0) is 13.7. The molecular formula is C17H34N2. The van der Waals surface area contributed by atoms with Crippen LogP contribution in [0.2, 0.25) is 0 Å². The molecule has 3 atom stereocenters. The van der Waals surface area contributed by atoms with Gasteiger partial charge in [0.05, 0.1) is 0 Å². The van der Waals surface area contributed by atoms with E-state index in [-0.39, 0.29) is 0 Å². The average molecular weight is 266 g/mol. The van der Waals surface area contributed by atoms with Gasteiger partial charge in [0, 0.05) is 18.6 Å². The third kappa shape index (κ3) is 4.75. The van der Waals surface area contributed by atoms with Crippen LogP contribution in [0, 0.1) is 11.8 Å². The maximum atomic E-state index is 3.82. The Morgan fingerprint density at radius 1 is 1.11 bits per heavy atom. The number of nitrogens with zero attached hydrogens (tertiary/aromatic N) is 1. The lowest BCUT2D eigenvalue weighted by atomic mass is 9.93. The molecule has 112 valence electrons. The SMILES string of the molecule is CCCNC1CCCCCC1CN(C)C(C)C1CC1. The fourth-order valence-electron chi connectivity index (χ4n) is 3.68. The molecule has 0 aliphatic heterocycles. The second kappa shape index (κ2) is 7.64. The van der Waals surface area contributed by atoms with Gasteiger partial charge < -0.3 is 10.2 Å². The summed E-state index contributed by atoms with van der Waals surface area (Å²) in [6.07, 6.45) is 11.3. The molecule has 0 aromatic carbocycles. The number of rotatable bonds is 7. The molecule has 2 saturated carbocycles. The molecule has 0 saturated heterocycles. The fraction of sp³-hybridized carbons (Fsp3) is 1.00. The van der Waals surface area contributed by atoms with Crippen molar-refractivity contribution in [1.29, 1.82) is 0 Å². The lowest BCUT2D eigenvalue weighted by Gasteiger charge is -2.33. The molecule has 2 rings (SSSR count). The zero-order valence-electron chi connectivity index (χ0n) is 13.3. The molecule has 0 amide bonds. The molecular weight excluding hydrogens is 232 g/mol. The Bertz CT molecular complexity index is 250. The molecule has 0 aromatic rings. The third-order valence-corrected chi connectivity index (χ3v) is 5.34. The quantitative estimate of drug-likeness (QED) is 0.707. The first-order chi connectivity index (χ1) is 9.22. The molecule has 0 bridgehead atoms. The minimum Gasteiger partial charge on any atom is -0.314 e. The van der Waals surface area contributed by atoms with Gasteiger partial charge >= 0.3 is 0 Å². The van der Waals surface area contributed by atoms with Gasteiger partial charge in [-0.1, -0.05) is 26.2 Å². The monoisotopic (exact) mass is 266 g/mol. The van der Waals surface area contributed by atoms with Gasteiger partial charge in [0.15, 0.2) is 0 Å². The predicted octanol–water partition coefficient (Wildman–Crippen LogP) is 3.67. The Hall–Kier alpha value is -0.0800. The first-order valence-electron chi connectivity index (χ1n) is 8.66. The van der Waals surface area contributed by atoms with Crippen LogP contribution in [0.1, 0.15) is 65.2 Å². The van der Waals surface area contributed by atoms with Crippen LogP contribution in [0.5, 0.6) is 0 Å². The van der Waals surface area contributed by atoms with Gasteiger partial charge in [0.1, 0.15) is 0 Å². The molecule has 2 aliphatic rings. The van der Waals surface area contributed by atoms with Crippen molar-refractivity contribution < 1.29 is 0 Å². The van der Waals surface area contributed by atoms with Crippen LogP contribution in [-0.2, 0) is 0 Å². The summed E-state index contributed by atoms with van der Waals surface area (Å²) in [4.78, 5) is 2.65. The summed E-state index contributed by atoms with van der Waals surface area (Å²) in [6, 6.07) is 1.58. The zero-order valence-corrected chi connectivity index (χ0v) is 13.3. The van der Waals surface area contributed by atoms with Crippen LogP contribution in [0.3, 0.4) is 0 Å². The van der Waals surface area contributed by atoms with Crippen molar-refractivity contribution in [3.63, 3.8) is 0 Å². The van der Waals surface area contributed by atoms with Crippen LogP contribution in [0.15, 0.2) is 0 Å². The Kier molecular flexibility index (Phi) is 6.15. The molecule has 19 heavy (non-hydrogen) atoms. The van der Waals surface area contributed by atoms with Gasteiger partial charge in [-0.2, -0.15) is 0 Å². The highest BCUT2D eigenvalue weighted by Gasteiger charge is 2.32. The lowest BCUT2D eigenvalue weighted by molar-refractivity contribution is 0.171. The van der Waals surface area contributed by atoms with Gasteiger partial charge in [-0.25, -0.2) is 0 Å². The number of hydrogen-bond acceptors (Lipinski definition) is 2. The summed E-state index contributed by atoms with van der Waals surface area (Å²) < 4.78 is 0. The molecule has 2 heteroatoms. The smallest absolute Gasteiger partial charge is 0.0107 e. The molecule has 2 fully saturated rings. The minimum atomic E-state index is 0.774. The molecule has 3 unspecified atom stereocenters. The molecule has 0 heterocycles. The highest BCUT2D eigenvalue weighted by atomic mass is 15.1. The van der Waals surface area contributed by atoms with Gasteiger partial charge in [-0.05, 0) is 64.5 Å². The van der Waals surface area contributed by atoms with Crippen molar-refractivity contribution in [1.82, 2.24) is 10.2 Å². The van der Waals surface area contributed by atoms with E-state index in [4.69, 9.17) is 0 Å². The second-order valence-corrected chi connectivity index (χ2v) is 6.98. The second-order valence-electron chi connectivity index (χ2n) is 6.98. The standard InChI is InChI=1S/C17H34N2/c1-4-12-18-17-9-7-5-6-8-16(17)13-19(3)14(2)15-10-11-15/h14-18H,4-13H2,1-3H3. The number of nitrogens with one attached hydrogen (secondary N) is 1. The van der Waals surface area contributed by atoms with E-state index >= 15 is 0 Å². The summed E-state index contributed by atoms with van der Waals surface area (Å²) >= 11 is 0. The van der Waals surface area contributed by atoms with E-state index in [9.17, 15) is 0 Å². The molecule has 1 N–H and O–H groups in total. The van der Waals surface area contributed by atoms with Crippen molar-refractivity contribution in [2.45, 2.75) is 77.3 Å². The van der Waals surface area contributed by atoms with Gasteiger partial charge in [0.25, 0.3) is 0 Å². The summed E-state index contributed by atoms with van der Waals surface area (Å²) in [5.74, 6) is 1.87. The van der Waals surface area contributed by atoms with Crippen molar-refractivity contribution in [2.24, 2.45) is 11.8 Å². The first-order valence-corrected chi connectivity index (χ1v) is 8.66. The normalized spacial score (nSPS) is 30.3. The Labute approximate surface area is 120 Å². The average Bonchev–Trinajstić information content (AvgIpc) is 3.23. The molecule has 0 radical (unpaired) electrons. The van der Waals surface area contributed by atoms with E-state index in [0.717, 1.165) is 23.9 Å². The Morgan fingerprint density at radius 2 is 1.84 bits per heavy atom. The van der Waals surface area contributed by atoms with E-state index in [1.807, 2.05) is 0 Å². The molecule has 2 nitrogen and oxygen atoms in total. The summed E-state index contributed by atoms with van der Waals surface area (Å²) in [5, 5.41) is 3.82. The topological polar surface area (TPSA) is 15.3 Å². The van der Waals surface area contributed by atoms with Crippen LogP contribution < -0.4 is 5.32 Å². The Balaban J connectivity index is 1.85. The summed E-state index contributed by atoms with van der Waals surface area (Å²) in [6.45, 7) is 7.21. The van der Waals surface area contributed by atoms with Crippen LogP contribution >= 0.6 is 0 Å². The van der Waals surface area contributed by atoms with Gasteiger partial charge in [0.2, 0.25) is 0 Å². The number of hydrogen-bond donors (Lipinski definition) is 1. The Morgan fingerprint density at radius 3 is 2.53 bits per heavy atom. The van der Waals surface area contributed by atoms with Gasteiger partial charge in [-0.3, -0.25) is 0 Å². The summed E-state index contributed by atoms with van der Waals surface area (Å²) in [5.41, 5.74) is 0. The maximum Gasteiger partial charge on any atom is 0.0107 e. The molecule has 2 aliphatic carbocycles. The van der Waals surface area contributed by atoms with E-state index in [2.05, 4.69) is 31.1 Å². The van der Waals surface area contributed by atoms with Gasteiger partial charge in [-0.15, -0.1) is 0 Å². The first kappa shape index (κ1) is 15.3.